The van der Waals surface area contributed by atoms with E-state index in [9.17, 15) is 0 Å². The Morgan fingerprint density at radius 1 is 0.255 bits per heavy atom. The lowest BCUT2D eigenvalue weighted by Gasteiger charge is -2.57. The predicted octanol–water partition coefficient (Wildman–Crippen LogP) is -17.9. The van der Waals surface area contributed by atoms with E-state index in [-0.39, 0.29) is 0 Å². The molecule has 0 aromatic rings. The summed E-state index contributed by atoms with van der Waals surface area (Å²) in [7, 11) is 154. The second-order valence-electron chi connectivity index (χ2n) is 12.9. The standard InChI is InChI=1S/B47/c1-25-37(24)43(36(22)23)46(42(34(18)19)35(20)21)47(44(38(26(2)3)27(4)5)39(28(6)7)29(8)9)45(40(30(10)11)31(12)13)41(32(14)15)33(16)17/q-2. The van der Waals surface area contributed by atoms with E-state index < -0.39 is 140 Å². The normalized spacial score (nSPS) is 9.66. The Kier molecular flexibility index (Phi) is 24.6. The number of rotatable bonds is 22. The summed E-state index contributed by atoms with van der Waals surface area (Å²) >= 11 is 0. The molecule has 0 heterocycles. The molecule has 0 bridgehead atoms. The maximum Gasteiger partial charge on any atom is -0.0000000000000853 e. The topological polar surface area (TPSA) is 0 Å². The van der Waals surface area contributed by atoms with Crippen molar-refractivity contribution in [3.05, 3.63) is 0 Å². The third kappa shape index (κ3) is 13.7. The van der Waals surface area contributed by atoms with Crippen molar-refractivity contribution in [1.29, 1.82) is 0 Å². The Hall–Kier alpha value is 3.05. The molecular weight excluding hydrogens is 508 g/mol. The zero-order valence-corrected chi connectivity index (χ0v) is 27.1. The first-order valence-electron chi connectivity index (χ1n) is 15.3. The molecule has 143 valence electrons. The van der Waals surface area contributed by atoms with Gasteiger partial charge in [0.15, 0.2) is 0 Å². The van der Waals surface area contributed by atoms with Gasteiger partial charge in [-0.1, -0.05) is 0 Å². The molecule has 0 aromatic heterocycles. The molecule has 0 unspecified atom stereocenters. The summed E-state index contributed by atoms with van der Waals surface area (Å²) in [6.45, 7) is 0. The lowest BCUT2D eigenvalue weighted by atomic mass is 8.25. The molecular formula is B47-2. The molecule has 0 fully saturated rings. The minimum Gasteiger partial charge on any atom is -0.690 e. The van der Waals surface area contributed by atoms with Crippen LogP contribution in [0, 0.1) is 0 Å². The Bertz CT molecular complexity index is 667. The smallest absolute Gasteiger partial charge is 0.0000000000000853 e. The zero-order valence-electron chi connectivity index (χ0n) is 27.1. The average molecular weight is 508 g/mol. The van der Waals surface area contributed by atoms with Crippen LogP contribution in [0.2, 0.25) is 0 Å². The van der Waals surface area contributed by atoms with E-state index in [1.54, 1.807) is 0 Å². The predicted molar refractivity (Wildman–Crippen MR) is 270 cm³/mol. The maximum absolute atomic E-state index is 6.58. The van der Waals surface area contributed by atoms with E-state index in [0.29, 0.717) is 0 Å². The quantitative estimate of drug-likeness (QED) is 0.128. The second-order valence-corrected chi connectivity index (χ2v) is 12.9. The molecule has 0 amide bonds. The monoisotopic (exact) mass is 517 g/mol. The van der Waals surface area contributed by atoms with Crippen LogP contribution in [0.1, 0.15) is 0 Å². The van der Waals surface area contributed by atoms with E-state index >= 15 is 0 Å². The summed E-state index contributed by atoms with van der Waals surface area (Å²) in [5.41, 5.74) is 0. The summed E-state index contributed by atoms with van der Waals surface area (Å²) in [5, 5.41) is 0. The second kappa shape index (κ2) is 23.1. The molecule has 51 radical (unpaired) electrons. The van der Waals surface area contributed by atoms with E-state index in [0.717, 1.165) is 7.06 Å². The molecule has 0 aliphatic rings. The lowest BCUT2D eigenvalue weighted by Crippen LogP contribution is -2.94. The van der Waals surface area contributed by atoms with E-state index in [1.165, 1.54) is 0 Å². The van der Waals surface area contributed by atoms with Crippen LogP contribution >= 0.6 is 0 Å². The van der Waals surface area contributed by atoms with Crippen LogP contribution in [0.4, 0.5) is 0 Å². The fraction of sp³-hybridized carbons (Fsp3) is 0. The molecule has 0 atom stereocenters. The molecule has 0 saturated heterocycles. The van der Waals surface area contributed by atoms with Crippen LogP contribution in [-0.2, 0) is 0 Å². The van der Waals surface area contributed by atoms with Gasteiger partial charge in [-0.25, -0.2) is 6.39 Å². The third-order valence-electron chi connectivity index (χ3n) is 9.56. The Morgan fingerprint density at radius 2 is 0.426 bits per heavy atom. The van der Waals surface area contributed by atoms with Gasteiger partial charge in [0.2, 0.25) is 0 Å². The molecule has 0 aromatic carbocycles. The fourth-order valence-corrected chi connectivity index (χ4v) is 7.83. The largest absolute Gasteiger partial charge is 0.690 e. The first kappa shape index (κ1) is 50.1. The van der Waals surface area contributed by atoms with E-state index in [2.05, 4.69) is 0 Å². The summed E-state index contributed by atoms with van der Waals surface area (Å²) in [5.74, 6) is 0. The van der Waals surface area contributed by atoms with E-state index in [1.807, 2.05) is 0 Å². The van der Waals surface area contributed by atoms with Crippen molar-refractivity contribution in [3.63, 3.8) is 0 Å². The summed E-state index contributed by atoms with van der Waals surface area (Å²) in [6.07, 6.45) is -26.9. The summed E-state index contributed by atoms with van der Waals surface area (Å²) < 4.78 is 0. The minimum absolute atomic E-state index is 1.09. The molecule has 47 heteroatoms. The Balaban J connectivity index is 9.21. The van der Waals surface area contributed by atoms with Crippen LogP contribution in [0.15, 0.2) is 0 Å². The third-order valence-corrected chi connectivity index (χ3v) is 9.56. The van der Waals surface area contributed by atoms with Crippen LogP contribution in [-0.4, -0.2) is 333 Å². The summed E-state index contributed by atoms with van der Waals surface area (Å²) in [4.78, 5) is 0. The molecule has 0 aliphatic heterocycles. The zero-order chi connectivity index (χ0) is 37.4. The summed E-state index contributed by atoms with van der Waals surface area (Å²) in [6, 6.07) is 0. The van der Waals surface area contributed by atoms with Gasteiger partial charge in [-0.3, -0.25) is 7.06 Å². The van der Waals surface area contributed by atoms with Gasteiger partial charge in [0.05, 0.1) is 0 Å². The highest BCUT2D eigenvalue weighted by Crippen LogP contribution is 2.21. The van der Waals surface area contributed by atoms with Crippen molar-refractivity contribution < 1.29 is 0 Å². The van der Waals surface area contributed by atoms with Crippen molar-refractivity contribution in [3.8, 4) is 0 Å². The highest BCUT2D eigenvalue weighted by Gasteiger charge is 2.58. The van der Waals surface area contributed by atoms with Crippen molar-refractivity contribution in [2.75, 3.05) is 0 Å². The first-order valence-corrected chi connectivity index (χ1v) is 15.3. The number of hydrogen-bond acceptors (Lipinski definition) is 0. The maximum atomic E-state index is 6.58. The van der Waals surface area contributed by atoms with Crippen molar-refractivity contribution in [2.24, 2.45) is 0 Å². The van der Waals surface area contributed by atoms with Crippen LogP contribution in [0.5, 0.6) is 0 Å². The van der Waals surface area contributed by atoms with Gasteiger partial charge >= 0.3 is 0 Å². The van der Waals surface area contributed by atoms with Crippen LogP contribution in [0.25, 0.3) is 0 Å². The molecule has 0 rings (SSSR count). The van der Waals surface area contributed by atoms with Crippen LogP contribution in [0.3, 0.4) is 0 Å². The molecule has 0 spiro atoms. The molecule has 0 saturated carbocycles. The molecule has 0 aliphatic carbocycles. The lowest BCUT2D eigenvalue weighted by molar-refractivity contribution is 3.19. The van der Waals surface area contributed by atoms with Crippen molar-refractivity contribution in [1.82, 2.24) is 0 Å². The highest BCUT2D eigenvalue weighted by molar-refractivity contribution is 8.34. The van der Waals surface area contributed by atoms with Gasteiger partial charge < -0.3 is 15.5 Å². The number of hydrogen-bond donors (Lipinski definition) is 0. The van der Waals surface area contributed by atoms with Crippen LogP contribution < -0.4 is 0 Å². The van der Waals surface area contributed by atoms with Gasteiger partial charge in [0.25, 0.3) is 0 Å². The van der Waals surface area contributed by atoms with Gasteiger partial charge in [-0.15, -0.1) is 0 Å². The molecule has 47 heavy (non-hydrogen) atoms. The molecule has 0 N–H and O–H groups in total. The molecule has 0 nitrogen and oxygen atoms in total. The van der Waals surface area contributed by atoms with E-state index in [4.69, 9.17) is 186 Å². The minimum atomic E-state index is -1.30. The fourth-order valence-electron chi connectivity index (χ4n) is 7.83. The SMILES string of the molecule is [B]B([B])B(B([B])[B])B(B(B([B])[B])B([B])[B])B(B(B(B([B])[B])B([B])[B])B(B([B])[B])B([B])[B-])B(B(B([B])[B])B([B])[B])B(B([B])[B])B([B])[B][B-]. The Morgan fingerprint density at radius 3 is 0.596 bits per heavy atom. The van der Waals surface area contributed by atoms with Gasteiger partial charge in [0.1, 0.15) is 0 Å². The van der Waals surface area contributed by atoms with Gasteiger partial charge in [-0.05, 0) is 304 Å². The van der Waals surface area contributed by atoms with Gasteiger partial charge in [0, 0.05) is 0 Å². The first-order chi connectivity index (χ1) is 21.4. The highest BCUT2D eigenvalue weighted by atomic mass is 13.4. The average Bonchev–Trinajstić information content (AvgIpc) is 2.86. The Labute approximate surface area is 330 Å². The van der Waals surface area contributed by atoms with Crippen molar-refractivity contribution in [2.45, 2.75) is 0 Å². The van der Waals surface area contributed by atoms with Gasteiger partial charge in [-0.2, -0.15) is 0 Å². The van der Waals surface area contributed by atoms with Crippen molar-refractivity contribution >= 4 is 333 Å².